The third kappa shape index (κ3) is 17.1. The number of nitrogens with two attached hydrogens (primary N) is 4. The van der Waals surface area contributed by atoms with Crippen molar-refractivity contribution in [2.24, 2.45) is 15.0 Å². The number of fused-ring (bicyclic) bond motifs is 8. The van der Waals surface area contributed by atoms with E-state index in [-0.39, 0.29) is 67.8 Å². The Morgan fingerprint density at radius 3 is 1.38 bits per heavy atom. The van der Waals surface area contributed by atoms with Gasteiger partial charge < -0.3 is 97.7 Å². The maximum absolute atomic E-state index is 11.7. The Hall–Kier alpha value is -13.9. The molecule has 4 saturated heterocycles. The van der Waals surface area contributed by atoms with Crippen LogP contribution in [-0.4, -0.2) is 261 Å². The molecule has 0 radical (unpaired) electrons. The molecule has 0 amide bonds. The zero-order chi connectivity index (χ0) is 85.7. The van der Waals surface area contributed by atoms with Gasteiger partial charge in [0.25, 0.3) is 33.4 Å². The van der Waals surface area contributed by atoms with E-state index in [1.54, 1.807) is 23.2 Å². The number of aromatic amines is 9. The number of H-pyrrole nitrogens is 9. The molecule has 0 spiro atoms. The number of nitrogen functional groups attached to an aromatic ring is 4. The summed E-state index contributed by atoms with van der Waals surface area (Å²) in [6.07, 6.45) is 8.04. The molecule has 16 atom stereocenters. The highest BCUT2D eigenvalue weighted by atomic mass is 16.6. The highest BCUT2D eigenvalue weighted by molar-refractivity contribution is 5.81. The number of rotatable bonds is 8. The van der Waals surface area contributed by atoms with Crippen LogP contribution in [-0.2, 0) is 38.2 Å². The lowest BCUT2D eigenvalue weighted by atomic mass is 10.1. The number of aliphatic imine (C=N–C) groups is 3. The van der Waals surface area contributed by atoms with Crippen LogP contribution in [0.2, 0.25) is 0 Å². The van der Waals surface area contributed by atoms with Crippen molar-refractivity contribution < 1.29 is 59.8 Å². The Balaban J connectivity index is 0.000000120. The molecule has 7 aliphatic rings. The monoisotopic (exact) mass is 1670 g/mol. The normalized spacial score (nSPS) is 24.4. The smallest absolute Gasteiger partial charge is 0.327 e. The van der Waals surface area contributed by atoms with Crippen molar-refractivity contribution >= 4 is 115 Å². The van der Waals surface area contributed by atoms with E-state index in [0.717, 1.165) is 12.0 Å². The number of imidazole rings is 5. The highest BCUT2D eigenvalue weighted by Gasteiger charge is 2.47. The number of anilines is 4. The predicted molar refractivity (Wildman–Crippen MR) is 420 cm³/mol. The first kappa shape index (κ1) is 84.0. The molecule has 0 saturated carbocycles. The molecule has 4 fully saturated rings. The number of aliphatic hydroxyl groups excluding tert-OH is 8. The van der Waals surface area contributed by atoms with Gasteiger partial charge in [0.15, 0.2) is 87.0 Å². The quantitative estimate of drug-likeness (QED) is 0.0675. The maximum atomic E-state index is 11.7. The Labute approximate surface area is 666 Å². The highest BCUT2D eigenvalue weighted by Crippen LogP contribution is 2.37. The summed E-state index contributed by atoms with van der Waals surface area (Å²) in [6, 6.07) is 0. The topological polar surface area (TPSA) is 806 Å². The number of aliphatic hydroxyl groups is 8. The first-order valence-corrected chi connectivity index (χ1v) is 36.7. The minimum Gasteiger partial charge on any atom is -0.388 e. The molecule has 25 N–H and O–H groups in total. The van der Waals surface area contributed by atoms with E-state index in [0.29, 0.717) is 101 Å². The zero-order valence-electron chi connectivity index (χ0n) is 63.3. The predicted octanol–water partition coefficient (Wildman–Crippen LogP) is -5.34. The van der Waals surface area contributed by atoms with Crippen molar-refractivity contribution in [1.82, 2.24) is 128 Å². The van der Waals surface area contributed by atoms with E-state index < -0.39 is 121 Å². The molecule has 120 heavy (non-hydrogen) atoms. The van der Waals surface area contributed by atoms with E-state index in [1.165, 1.54) is 70.6 Å². The number of aromatic nitrogens is 26. The molecule has 0 aliphatic carbocycles. The number of ether oxygens (including phenoxy) is 4. The molecule has 20 rings (SSSR count). The van der Waals surface area contributed by atoms with Crippen LogP contribution in [0.15, 0.2) is 110 Å². The number of hydrogen-bond donors (Lipinski definition) is 21. The van der Waals surface area contributed by atoms with Crippen molar-refractivity contribution in [2.75, 3.05) is 22.9 Å². The van der Waals surface area contributed by atoms with Gasteiger partial charge in [-0.15, -0.1) is 0 Å². The fourth-order valence-corrected chi connectivity index (χ4v) is 13.3. The lowest BCUT2D eigenvalue weighted by Gasteiger charge is -2.16. The maximum Gasteiger partial charge on any atom is 0.327 e. The fourth-order valence-electron chi connectivity index (χ4n) is 13.3. The van der Waals surface area contributed by atoms with Gasteiger partial charge >= 0.3 is 11.4 Å². The van der Waals surface area contributed by atoms with Crippen molar-refractivity contribution in [2.45, 2.75) is 171 Å². The molecule has 53 heteroatoms. The molecule has 0 bridgehead atoms. The van der Waals surface area contributed by atoms with Crippen molar-refractivity contribution in [1.29, 1.82) is 0 Å². The summed E-state index contributed by atoms with van der Waals surface area (Å²) in [5, 5.41) is 79.7. The Morgan fingerprint density at radius 1 is 0.375 bits per heavy atom. The first-order chi connectivity index (χ1) is 57.6. The van der Waals surface area contributed by atoms with Gasteiger partial charge in [0.1, 0.15) is 84.3 Å². The average molecular weight is 1670 g/mol. The Kier molecular flexibility index (Phi) is 25.2. The third-order valence-electron chi connectivity index (χ3n) is 19.5. The van der Waals surface area contributed by atoms with E-state index in [4.69, 9.17) is 41.9 Å². The van der Waals surface area contributed by atoms with Gasteiger partial charge in [-0.25, -0.2) is 79.4 Å². The molecule has 0 unspecified atom stereocenters. The van der Waals surface area contributed by atoms with Crippen LogP contribution >= 0.6 is 0 Å². The summed E-state index contributed by atoms with van der Waals surface area (Å²) >= 11 is 0. The van der Waals surface area contributed by atoms with Gasteiger partial charge in [-0.2, -0.15) is 9.97 Å². The molecule has 0 aromatic carbocycles. The van der Waals surface area contributed by atoms with E-state index in [9.17, 15) is 79.2 Å². The molecule has 632 valence electrons. The van der Waals surface area contributed by atoms with Crippen LogP contribution in [0.3, 0.4) is 0 Å². The van der Waals surface area contributed by atoms with Crippen LogP contribution < -0.4 is 67.7 Å². The van der Waals surface area contributed by atoms with Crippen LogP contribution in [0.4, 0.5) is 41.0 Å². The van der Waals surface area contributed by atoms with Crippen molar-refractivity contribution in [3.63, 3.8) is 0 Å². The fraction of sp³-hybridized carbons (Fsp3) is 0.403. The Bertz CT molecular complexity index is 6470. The van der Waals surface area contributed by atoms with Gasteiger partial charge in [-0.1, -0.05) is 27.7 Å². The molecule has 20 heterocycles. The van der Waals surface area contributed by atoms with E-state index in [2.05, 4.69) is 125 Å². The van der Waals surface area contributed by atoms with E-state index >= 15 is 0 Å². The molecule has 7 aliphatic heterocycles. The molecular weight excluding hydrogens is 1590 g/mol. The van der Waals surface area contributed by atoms with Crippen molar-refractivity contribution in [3.05, 3.63) is 157 Å². The van der Waals surface area contributed by atoms with Gasteiger partial charge in [0, 0.05) is 43.5 Å². The van der Waals surface area contributed by atoms with Crippen LogP contribution in [0, 0.1) is 0 Å². The van der Waals surface area contributed by atoms with Gasteiger partial charge in [0.2, 0.25) is 11.9 Å². The van der Waals surface area contributed by atoms with Crippen LogP contribution in [0.25, 0.3) is 55.8 Å². The summed E-state index contributed by atoms with van der Waals surface area (Å²) in [5.41, 5.74) is 23.4. The second kappa shape index (κ2) is 35.9. The van der Waals surface area contributed by atoms with Gasteiger partial charge in [-0.3, -0.25) is 76.9 Å². The SMILES string of the molecule is CC[C@H]1O[C@@H](n2cnc3c(=O)[nH]c(=O)[nH]c32)[C@H](O)[C@@H]1O.CC[C@H]1O[C@@H](n2cnc3c(=O)[nH]c(N)nc32)[C@H](O)[C@@H]1O.CC[C@H]1O[C@@H](n2cnc3c(=O)[nH]cnc32)[C@H](O)[C@@H]1O.CC[C@H]1O[C@@H](n2cnc3c(N)ncnc32)[C@H](O)[C@@H]1O.Nc1nc2nc[nH]c2c(=O)[nH]1.Nc1ncnc2c1CC=N2.O=c1[nH]c2c(c(=O)[nH]1)CC=N2.O=c1[nH]cnc2c1CC=N2. The van der Waals surface area contributed by atoms with Gasteiger partial charge in [-0.05, 0) is 25.7 Å². The summed E-state index contributed by atoms with van der Waals surface area (Å²) in [4.78, 5) is 174. The van der Waals surface area contributed by atoms with Gasteiger partial charge in [0.05, 0.1) is 79.8 Å². The lowest BCUT2D eigenvalue weighted by Crippen LogP contribution is -2.31. The summed E-state index contributed by atoms with van der Waals surface area (Å²) in [7, 11) is 0. The number of nitrogens with zero attached hydrogens (tertiary/aromatic N) is 20. The zero-order valence-corrected chi connectivity index (χ0v) is 63.3. The summed E-state index contributed by atoms with van der Waals surface area (Å²) < 4.78 is 28.2. The molecule has 53 nitrogen and oxygen atoms in total. The van der Waals surface area contributed by atoms with Crippen LogP contribution in [0.1, 0.15) is 95.0 Å². The number of hydrogen-bond acceptors (Lipinski definition) is 40. The minimum atomic E-state index is -1.17. The van der Waals surface area contributed by atoms with Crippen LogP contribution in [0.5, 0.6) is 0 Å². The minimum absolute atomic E-state index is 0.0369. The van der Waals surface area contributed by atoms with Crippen molar-refractivity contribution in [3.8, 4) is 0 Å². The van der Waals surface area contributed by atoms with E-state index in [1.807, 2.05) is 27.7 Å². The standard InChI is InChI=1S/C11H15N5O4.C11H15N5O3.C11H14N4O5.C11H14N4O4.C6H6N4.C6H5N3O2.C6H5N3O.C5H5N5O/c1-2-4-6(17)7(18)10(20-4)16-3-13-5-8(16)14-11(12)15-9(5)19;1-2-5-7(17)8(18)11(19-5)16-4-15-6-9(12)13-3-14-10(6)16;1-2-4-6(16)7(17)10(20-4)15-3-12-5-8(15)13-11(19)14-9(5)18;1-2-5-7(16)8(17)11(19-5)15-4-14-6-9(15)12-3-13-10(6)18;7-5-4-1-2-8-6(4)10-3-9-5;10-5-3-1-2-7-4(3)8-6(11)9-5;10-6-4-1-2-7-5(4)8-3-9-6;6-5-9-3-2(4(11)10-5)7-1-8-3/h3-4,6-7,10,17-18H,2H2,1H3,(H3,12,14,15,19);3-5,7-8,11,17-18H,2H2,1H3,(H2,12,13,14);3-4,6-7,10,16-17H,2H2,1H3,(H2,13,14,18,19);3-5,7-8,11,16-17H,2H2,1H3,(H,12,13,18);2-3H,1H2,(H2,7,9,10);2H,1H2,(H2,8,9,10,11);2-3H,1H2,(H,8,9,10);1H,(H4,6,7,8,9,10,11)/t4-,6-,7-,10-;5-,7-,8-,11-;4-,6-,7-,10-;5-,7-,8-,11-;;;;/m1111..../s1. The first-order valence-electron chi connectivity index (χ1n) is 36.7. The second-order valence-corrected chi connectivity index (χ2v) is 26.9. The Morgan fingerprint density at radius 2 is 0.808 bits per heavy atom. The molecule has 13 aromatic heterocycles. The average Bonchev–Trinajstić information content (AvgIpc) is 1.63. The molecular formula is C67H79N33O20. The molecule has 13 aromatic rings. The lowest BCUT2D eigenvalue weighted by molar-refractivity contribution is -0.0356. The summed E-state index contributed by atoms with van der Waals surface area (Å²) in [5.74, 6) is 2.50. The summed E-state index contributed by atoms with van der Waals surface area (Å²) in [6.45, 7) is 7.41. The second-order valence-electron chi connectivity index (χ2n) is 26.9. The number of nitrogens with one attached hydrogen (secondary N) is 9. The largest absolute Gasteiger partial charge is 0.388 e. The third-order valence-corrected chi connectivity index (χ3v) is 19.5.